The van der Waals surface area contributed by atoms with Crippen molar-refractivity contribution in [3.8, 4) is 17.2 Å². The van der Waals surface area contributed by atoms with Gasteiger partial charge in [-0.05, 0) is 37.5 Å². The molecule has 0 aliphatic rings. The maximum Gasteiger partial charge on any atom is 0.200 e. The predicted molar refractivity (Wildman–Crippen MR) is 109 cm³/mol. The van der Waals surface area contributed by atoms with E-state index in [2.05, 4.69) is 36.4 Å². The maximum absolute atomic E-state index is 9.94. The summed E-state index contributed by atoms with van der Waals surface area (Å²) in [5.74, 6) is 2.03. The Morgan fingerprint density at radius 1 is 1.17 bits per heavy atom. The average molecular weight is 451 g/mol. The Morgan fingerprint density at radius 3 is 2.12 bits per heavy atom. The second-order valence-electron chi connectivity index (χ2n) is 5.72. The van der Waals surface area contributed by atoms with Gasteiger partial charge in [0.25, 0.3) is 0 Å². The van der Waals surface area contributed by atoms with Gasteiger partial charge in [-0.3, -0.25) is 0 Å². The lowest BCUT2D eigenvalue weighted by atomic mass is 10.1. The molecular weight excluding hydrogens is 421 g/mol. The summed E-state index contributed by atoms with van der Waals surface area (Å²) < 4.78 is 10.3. The minimum atomic E-state index is 0. The Bertz CT molecular complexity index is 511. The monoisotopic (exact) mass is 451 g/mol. The first kappa shape index (κ1) is 22.6. The molecule has 0 saturated carbocycles. The van der Waals surface area contributed by atoms with Crippen LogP contribution in [0.2, 0.25) is 0 Å². The fraction of sp³-hybridized carbons (Fsp3) is 0.588. The number of nitrogens with zero attached hydrogens (tertiary/aromatic N) is 1. The van der Waals surface area contributed by atoms with Crippen molar-refractivity contribution >= 4 is 29.9 Å². The van der Waals surface area contributed by atoms with Crippen LogP contribution < -0.4 is 20.1 Å². The molecule has 0 amide bonds. The van der Waals surface area contributed by atoms with Crippen molar-refractivity contribution in [3.63, 3.8) is 0 Å². The zero-order valence-electron chi connectivity index (χ0n) is 15.3. The molecule has 0 heterocycles. The van der Waals surface area contributed by atoms with E-state index < -0.39 is 0 Å². The van der Waals surface area contributed by atoms with Crippen LogP contribution in [0.5, 0.6) is 17.2 Å². The number of aromatic hydroxyl groups is 1. The number of benzene rings is 1. The van der Waals surface area contributed by atoms with E-state index in [4.69, 9.17) is 9.47 Å². The first-order valence-corrected chi connectivity index (χ1v) is 7.91. The van der Waals surface area contributed by atoms with Gasteiger partial charge >= 0.3 is 0 Å². The van der Waals surface area contributed by atoms with Gasteiger partial charge in [-0.25, -0.2) is 4.99 Å². The molecule has 1 aromatic carbocycles. The molecule has 0 bridgehead atoms. The number of phenols is 1. The van der Waals surface area contributed by atoms with E-state index in [1.165, 1.54) is 14.2 Å². The normalized spacial score (nSPS) is 12.4. The highest BCUT2D eigenvalue weighted by molar-refractivity contribution is 14.0. The number of halogens is 1. The van der Waals surface area contributed by atoms with Crippen molar-refractivity contribution in [2.24, 2.45) is 10.9 Å². The van der Waals surface area contributed by atoms with Crippen LogP contribution in [0.1, 0.15) is 33.3 Å². The van der Waals surface area contributed by atoms with Gasteiger partial charge in [-0.15, -0.1) is 24.0 Å². The Labute approximate surface area is 162 Å². The molecule has 0 saturated heterocycles. The molecule has 0 aromatic heterocycles. The summed E-state index contributed by atoms with van der Waals surface area (Å²) in [6, 6.07) is 3.84. The summed E-state index contributed by atoms with van der Waals surface area (Å²) in [5.41, 5.74) is 0.894. The zero-order valence-corrected chi connectivity index (χ0v) is 17.7. The summed E-state index contributed by atoms with van der Waals surface area (Å²) >= 11 is 0. The lowest BCUT2D eigenvalue weighted by Gasteiger charge is -2.20. The number of rotatable bonds is 7. The minimum Gasteiger partial charge on any atom is -0.502 e. The highest BCUT2D eigenvalue weighted by Crippen LogP contribution is 2.37. The van der Waals surface area contributed by atoms with Crippen molar-refractivity contribution in [2.45, 2.75) is 40.3 Å². The summed E-state index contributed by atoms with van der Waals surface area (Å²) in [6.45, 7) is 9.73. The molecule has 3 N–H and O–H groups in total. The molecule has 0 radical (unpaired) electrons. The maximum atomic E-state index is 9.94. The number of phenolic OH excluding ortho intramolecular Hbond substituents is 1. The fourth-order valence-corrected chi connectivity index (χ4v) is 1.91. The van der Waals surface area contributed by atoms with Gasteiger partial charge in [0.05, 0.1) is 20.8 Å². The van der Waals surface area contributed by atoms with Crippen LogP contribution in [0.15, 0.2) is 17.1 Å². The fourth-order valence-electron chi connectivity index (χ4n) is 1.91. The van der Waals surface area contributed by atoms with E-state index in [9.17, 15) is 5.11 Å². The molecule has 1 unspecified atom stereocenters. The molecule has 0 fully saturated rings. The van der Waals surface area contributed by atoms with Crippen LogP contribution in [0, 0.1) is 5.92 Å². The lowest BCUT2D eigenvalue weighted by molar-refractivity contribution is 0.339. The van der Waals surface area contributed by atoms with E-state index in [1.807, 2.05) is 6.92 Å². The molecule has 1 atom stereocenters. The van der Waals surface area contributed by atoms with E-state index in [-0.39, 0.29) is 29.7 Å². The highest BCUT2D eigenvalue weighted by Gasteiger charge is 2.12. The third kappa shape index (κ3) is 6.62. The van der Waals surface area contributed by atoms with Gasteiger partial charge in [0, 0.05) is 12.6 Å². The van der Waals surface area contributed by atoms with Gasteiger partial charge in [-0.1, -0.05) is 13.8 Å². The van der Waals surface area contributed by atoms with Gasteiger partial charge in [0.15, 0.2) is 17.5 Å². The largest absolute Gasteiger partial charge is 0.502 e. The predicted octanol–water partition coefficient (Wildman–Crippen LogP) is 3.13. The van der Waals surface area contributed by atoms with Gasteiger partial charge < -0.3 is 25.2 Å². The van der Waals surface area contributed by atoms with Crippen LogP contribution in [0.4, 0.5) is 0 Å². The smallest absolute Gasteiger partial charge is 0.200 e. The van der Waals surface area contributed by atoms with Crippen LogP contribution >= 0.6 is 24.0 Å². The Hall–Kier alpha value is -1.38. The molecule has 7 heteroatoms. The van der Waals surface area contributed by atoms with Gasteiger partial charge in [0.1, 0.15) is 0 Å². The van der Waals surface area contributed by atoms with E-state index in [0.717, 1.165) is 18.1 Å². The molecule has 1 rings (SSSR count). The lowest BCUT2D eigenvalue weighted by Crippen LogP contribution is -2.44. The average Bonchev–Trinajstić information content (AvgIpc) is 2.53. The standard InChI is InChI=1S/C17H29N3O3.HI/c1-7-18-17(20-12(4)11(2)3)19-10-13-8-14(22-5)16(21)15(9-13)23-6;/h8-9,11-12,21H,7,10H2,1-6H3,(H2,18,19,20);1H. The first-order valence-electron chi connectivity index (χ1n) is 7.91. The Kier molecular flexibility index (Phi) is 10.6. The molecule has 138 valence electrons. The molecule has 0 aliphatic carbocycles. The van der Waals surface area contributed by atoms with Crippen LogP contribution in [0.3, 0.4) is 0 Å². The number of ether oxygens (including phenoxy) is 2. The van der Waals surface area contributed by atoms with Crippen molar-refractivity contribution in [3.05, 3.63) is 17.7 Å². The summed E-state index contributed by atoms with van der Waals surface area (Å²) in [5, 5.41) is 16.6. The summed E-state index contributed by atoms with van der Waals surface area (Å²) in [4.78, 5) is 4.59. The molecule has 24 heavy (non-hydrogen) atoms. The number of nitrogens with one attached hydrogen (secondary N) is 2. The molecule has 0 spiro atoms. The van der Waals surface area contributed by atoms with Crippen molar-refractivity contribution in [1.29, 1.82) is 0 Å². The van der Waals surface area contributed by atoms with Gasteiger partial charge in [-0.2, -0.15) is 0 Å². The molecule has 6 nitrogen and oxygen atoms in total. The third-order valence-corrected chi connectivity index (χ3v) is 3.67. The number of aliphatic imine (C=N–C) groups is 1. The third-order valence-electron chi connectivity index (χ3n) is 3.67. The van der Waals surface area contributed by atoms with Crippen molar-refractivity contribution < 1.29 is 14.6 Å². The Morgan fingerprint density at radius 2 is 1.71 bits per heavy atom. The Balaban J connectivity index is 0.00000529. The van der Waals surface area contributed by atoms with Crippen LogP contribution in [0.25, 0.3) is 0 Å². The highest BCUT2D eigenvalue weighted by atomic mass is 127. The topological polar surface area (TPSA) is 75.1 Å². The minimum absolute atomic E-state index is 0. The molecule has 0 aliphatic heterocycles. The number of methoxy groups -OCH3 is 2. The van der Waals surface area contributed by atoms with Gasteiger partial charge in [0.2, 0.25) is 5.75 Å². The molecule has 1 aromatic rings. The van der Waals surface area contributed by atoms with E-state index in [0.29, 0.717) is 30.0 Å². The van der Waals surface area contributed by atoms with E-state index in [1.54, 1.807) is 12.1 Å². The number of hydrogen-bond donors (Lipinski definition) is 3. The summed E-state index contributed by atoms with van der Waals surface area (Å²) in [6.07, 6.45) is 0. The SMILES string of the molecule is CCNC(=NCc1cc(OC)c(O)c(OC)c1)NC(C)C(C)C.I. The summed E-state index contributed by atoms with van der Waals surface area (Å²) in [7, 11) is 3.02. The second kappa shape index (κ2) is 11.2. The quantitative estimate of drug-likeness (QED) is 0.338. The first-order chi connectivity index (χ1) is 10.9. The second-order valence-corrected chi connectivity index (χ2v) is 5.72. The van der Waals surface area contributed by atoms with E-state index >= 15 is 0 Å². The van der Waals surface area contributed by atoms with Crippen LogP contribution in [-0.4, -0.2) is 37.9 Å². The van der Waals surface area contributed by atoms with Crippen molar-refractivity contribution in [2.75, 3.05) is 20.8 Å². The molecular formula is C17H30IN3O3. The van der Waals surface area contributed by atoms with Crippen LogP contribution in [-0.2, 0) is 6.54 Å². The zero-order chi connectivity index (χ0) is 17.4. The number of guanidine groups is 1. The van der Waals surface area contributed by atoms with Crippen molar-refractivity contribution in [1.82, 2.24) is 10.6 Å². The number of hydrogen-bond acceptors (Lipinski definition) is 4.